The van der Waals surface area contributed by atoms with Gasteiger partial charge in [-0.2, -0.15) is 0 Å². The van der Waals surface area contributed by atoms with Crippen molar-refractivity contribution in [1.29, 1.82) is 0 Å². The number of likely N-dealkylation sites (N-methyl/N-ethyl adjacent to an activating group) is 1. The van der Waals surface area contributed by atoms with Crippen molar-refractivity contribution in [2.45, 2.75) is 13.8 Å². The molecule has 0 radical (unpaired) electrons. The molecule has 0 fully saturated rings. The van der Waals surface area contributed by atoms with Gasteiger partial charge in [0.15, 0.2) is 0 Å². The fourth-order valence-electron chi connectivity index (χ4n) is 1.46. The smallest absolute Gasteiger partial charge is 0.255 e. The molecule has 0 saturated heterocycles. The zero-order valence-corrected chi connectivity index (χ0v) is 10.7. The molecule has 0 bridgehead atoms. The van der Waals surface area contributed by atoms with Gasteiger partial charge < -0.3 is 15.3 Å². The van der Waals surface area contributed by atoms with E-state index >= 15 is 0 Å². The lowest BCUT2D eigenvalue weighted by Crippen LogP contribution is -2.32. The highest BCUT2D eigenvalue weighted by Crippen LogP contribution is 2.20. The summed E-state index contributed by atoms with van der Waals surface area (Å²) in [5.41, 5.74) is 1.05. The minimum Gasteiger partial charge on any atom is -0.507 e. The largest absolute Gasteiger partial charge is 0.507 e. The Balaban J connectivity index is 2.56. The lowest BCUT2D eigenvalue weighted by atomic mass is 10.1. The Morgan fingerprint density at radius 3 is 2.82 bits per heavy atom. The van der Waals surface area contributed by atoms with Crippen molar-refractivity contribution in [1.82, 2.24) is 10.2 Å². The van der Waals surface area contributed by atoms with Crippen LogP contribution in [0.2, 0.25) is 0 Å². The monoisotopic (exact) mass is 236 g/mol. The van der Waals surface area contributed by atoms with Crippen LogP contribution in [0.25, 0.3) is 0 Å². The Hall–Kier alpha value is -1.55. The molecule has 2 N–H and O–H groups in total. The summed E-state index contributed by atoms with van der Waals surface area (Å²) in [6.45, 7) is 6.17. The lowest BCUT2D eigenvalue weighted by Gasteiger charge is -2.14. The van der Waals surface area contributed by atoms with Crippen molar-refractivity contribution < 1.29 is 9.90 Å². The van der Waals surface area contributed by atoms with Gasteiger partial charge in [-0.1, -0.05) is 19.1 Å². The molecular weight excluding hydrogens is 216 g/mol. The molecule has 0 aromatic heterocycles. The van der Waals surface area contributed by atoms with E-state index in [4.69, 9.17) is 0 Å². The van der Waals surface area contributed by atoms with Gasteiger partial charge in [0, 0.05) is 13.1 Å². The highest BCUT2D eigenvalue weighted by Gasteiger charge is 2.11. The van der Waals surface area contributed by atoms with Crippen LogP contribution in [-0.4, -0.2) is 42.6 Å². The number of hydrogen-bond donors (Lipinski definition) is 2. The molecule has 0 heterocycles. The number of phenols is 1. The summed E-state index contributed by atoms with van der Waals surface area (Å²) in [6, 6.07) is 5.17. The fourth-order valence-corrected chi connectivity index (χ4v) is 1.46. The second kappa shape index (κ2) is 6.25. The Kier molecular flexibility index (Phi) is 4.97. The first-order chi connectivity index (χ1) is 8.06. The van der Waals surface area contributed by atoms with Gasteiger partial charge in [0.1, 0.15) is 5.75 Å². The third-order valence-electron chi connectivity index (χ3n) is 2.80. The van der Waals surface area contributed by atoms with E-state index in [0.29, 0.717) is 17.7 Å². The topological polar surface area (TPSA) is 52.6 Å². The van der Waals surface area contributed by atoms with Crippen LogP contribution >= 0.6 is 0 Å². The Bertz CT molecular complexity index is 391. The quantitative estimate of drug-likeness (QED) is 0.812. The van der Waals surface area contributed by atoms with E-state index < -0.39 is 0 Å². The molecule has 17 heavy (non-hydrogen) atoms. The van der Waals surface area contributed by atoms with Crippen molar-refractivity contribution in [3.63, 3.8) is 0 Å². The average Bonchev–Trinajstić information content (AvgIpc) is 2.32. The van der Waals surface area contributed by atoms with E-state index in [1.54, 1.807) is 25.1 Å². The van der Waals surface area contributed by atoms with E-state index in [9.17, 15) is 9.90 Å². The van der Waals surface area contributed by atoms with Gasteiger partial charge in [-0.3, -0.25) is 4.79 Å². The van der Waals surface area contributed by atoms with Crippen molar-refractivity contribution in [3.8, 4) is 5.75 Å². The van der Waals surface area contributed by atoms with Crippen LogP contribution in [0.15, 0.2) is 18.2 Å². The van der Waals surface area contributed by atoms with Crippen molar-refractivity contribution in [2.75, 3.05) is 26.7 Å². The lowest BCUT2D eigenvalue weighted by molar-refractivity contribution is 0.0947. The maximum Gasteiger partial charge on any atom is 0.255 e. The molecule has 1 aromatic rings. The van der Waals surface area contributed by atoms with Gasteiger partial charge in [0.05, 0.1) is 5.56 Å². The molecule has 0 aliphatic carbocycles. The summed E-state index contributed by atoms with van der Waals surface area (Å²) in [5.74, 6) is -0.162. The second-order valence-electron chi connectivity index (χ2n) is 4.12. The Labute approximate surface area is 102 Å². The molecular formula is C13H20N2O2. The number of carbonyl (C=O) groups is 1. The van der Waals surface area contributed by atoms with Crippen LogP contribution in [0.4, 0.5) is 0 Å². The summed E-state index contributed by atoms with van der Waals surface area (Å²) in [7, 11) is 2.00. The molecule has 0 saturated carbocycles. The molecule has 0 atom stereocenters. The maximum absolute atomic E-state index is 11.8. The van der Waals surface area contributed by atoms with Crippen LogP contribution in [0.5, 0.6) is 5.75 Å². The third kappa shape index (κ3) is 3.75. The minimum atomic E-state index is -0.226. The van der Waals surface area contributed by atoms with Crippen LogP contribution in [0, 0.1) is 6.92 Å². The first-order valence-corrected chi connectivity index (χ1v) is 5.81. The molecule has 4 nitrogen and oxygen atoms in total. The van der Waals surface area contributed by atoms with E-state index in [-0.39, 0.29) is 11.7 Å². The Morgan fingerprint density at radius 2 is 2.18 bits per heavy atom. The van der Waals surface area contributed by atoms with Crippen molar-refractivity contribution >= 4 is 5.91 Å². The number of benzene rings is 1. The number of amides is 1. The minimum absolute atomic E-state index is 0.0637. The van der Waals surface area contributed by atoms with Crippen molar-refractivity contribution in [2.24, 2.45) is 0 Å². The number of aryl methyl sites for hydroxylation is 1. The van der Waals surface area contributed by atoms with Crippen LogP contribution < -0.4 is 5.32 Å². The first kappa shape index (κ1) is 13.5. The van der Waals surface area contributed by atoms with Gasteiger partial charge in [-0.25, -0.2) is 0 Å². The van der Waals surface area contributed by atoms with Gasteiger partial charge >= 0.3 is 0 Å². The van der Waals surface area contributed by atoms with E-state index in [2.05, 4.69) is 17.1 Å². The first-order valence-electron chi connectivity index (χ1n) is 5.81. The molecule has 0 aliphatic rings. The molecule has 1 aromatic carbocycles. The molecule has 0 spiro atoms. The Morgan fingerprint density at radius 1 is 1.47 bits per heavy atom. The number of para-hydroxylation sites is 1. The van der Waals surface area contributed by atoms with Crippen LogP contribution in [0.3, 0.4) is 0 Å². The molecule has 1 rings (SSSR count). The highest BCUT2D eigenvalue weighted by molar-refractivity contribution is 5.97. The number of carbonyl (C=O) groups excluding carboxylic acids is 1. The average molecular weight is 236 g/mol. The predicted molar refractivity (Wildman–Crippen MR) is 68.3 cm³/mol. The van der Waals surface area contributed by atoms with E-state index in [0.717, 1.165) is 13.1 Å². The molecule has 0 aliphatic heterocycles. The summed E-state index contributed by atoms with van der Waals surface area (Å²) in [6.07, 6.45) is 0. The zero-order chi connectivity index (χ0) is 12.8. The number of nitrogens with one attached hydrogen (secondary N) is 1. The third-order valence-corrected chi connectivity index (χ3v) is 2.80. The normalized spacial score (nSPS) is 10.6. The summed E-state index contributed by atoms with van der Waals surface area (Å²) in [5, 5.41) is 12.5. The van der Waals surface area contributed by atoms with Gasteiger partial charge in [0.2, 0.25) is 0 Å². The maximum atomic E-state index is 11.8. The van der Waals surface area contributed by atoms with Crippen molar-refractivity contribution in [3.05, 3.63) is 29.3 Å². The van der Waals surface area contributed by atoms with Gasteiger partial charge in [0.25, 0.3) is 5.91 Å². The molecule has 1 amide bonds. The molecule has 0 unspecified atom stereocenters. The molecule has 4 heteroatoms. The summed E-state index contributed by atoms with van der Waals surface area (Å²) < 4.78 is 0. The standard InChI is InChI=1S/C13H20N2O2/c1-4-15(3)9-8-14-13(17)11-7-5-6-10(2)12(11)16/h5-7,16H,4,8-9H2,1-3H3,(H,14,17). The number of nitrogens with zero attached hydrogens (tertiary/aromatic N) is 1. The predicted octanol–water partition coefficient (Wildman–Crippen LogP) is 1.38. The van der Waals surface area contributed by atoms with Crippen LogP contribution in [0.1, 0.15) is 22.8 Å². The van der Waals surface area contributed by atoms with Crippen LogP contribution in [-0.2, 0) is 0 Å². The van der Waals surface area contributed by atoms with E-state index in [1.165, 1.54) is 0 Å². The number of hydrogen-bond acceptors (Lipinski definition) is 3. The van der Waals surface area contributed by atoms with E-state index in [1.807, 2.05) is 7.05 Å². The molecule has 94 valence electrons. The summed E-state index contributed by atoms with van der Waals surface area (Å²) in [4.78, 5) is 13.9. The number of phenolic OH excluding ortho intramolecular Hbond substituents is 1. The number of aromatic hydroxyl groups is 1. The number of rotatable bonds is 5. The zero-order valence-electron chi connectivity index (χ0n) is 10.7. The van der Waals surface area contributed by atoms with Gasteiger partial charge in [-0.05, 0) is 32.1 Å². The second-order valence-corrected chi connectivity index (χ2v) is 4.12. The SMILES string of the molecule is CCN(C)CCNC(=O)c1cccc(C)c1O. The fraction of sp³-hybridized carbons (Fsp3) is 0.462. The van der Waals surface area contributed by atoms with Gasteiger partial charge in [-0.15, -0.1) is 0 Å². The summed E-state index contributed by atoms with van der Waals surface area (Å²) >= 11 is 0. The highest BCUT2D eigenvalue weighted by atomic mass is 16.3.